The summed E-state index contributed by atoms with van der Waals surface area (Å²) in [6.45, 7) is 11.7. The molecule has 2 unspecified atom stereocenters. The summed E-state index contributed by atoms with van der Waals surface area (Å²) in [7, 11) is 0. The van der Waals surface area contributed by atoms with E-state index in [4.69, 9.17) is 4.74 Å². The third kappa shape index (κ3) is 4.39. The average Bonchev–Trinajstić information content (AvgIpc) is 2.28. The van der Waals surface area contributed by atoms with Crippen molar-refractivity contribution in [3.05, 3.63) is 29.8 Å². The maximum Gasteiger partial charge on any atom is 0.119 e. The number of ether oxygens (including phenoxy) is 1. The van der Waals surface area contributed by atoms with Gasteiger partial charge in [0.2, 0.25) is 0 Å². The Hall–Kier alpha value is -1.02. The molecule has 0 saturated carbocycles. The molecular formula is C15H25NO. The molecular weight excluding hydrogens is 210 g/mol. The summed E-state index contributed by atoms with van der Waals surface area (Å²) in [6, 6.07) is 8.90. The summed E-state index contributed by atoms with van der Waals surface area (Å²) in [5.74, 6) is 1.46. The first-order valence-electron chi connectivity index (χ1n) is 6.54. The molecule has 96 valence electrons. The number of hydrogen-bond donors (Lipinski definition) is 1. The lowest BCUT2D eigenvalue weighted by Crippen LogP contribution is -2.30. The second kappa shape index (κ2) is 6.65. The van der Waals surface area contributed by atoms with Gasteiger partial charge in [0.15, 0.2) is 0 Å². The molecule has 0 fully saturated rings. The molecule has 0 aliphatic rings. The third-order valence-corrected chi connectivity index (χ3v) is 3.03. The Morgan fingerprint density at radius 1 is 1.18 bits per heavy atom. The number of hydrogen-bond acceptors (Lipinski definition) is 2. The molecule has 1 aromatic carbocycles. The Morgan fingerprint density at radius 2 is 1.88 bits per heavy atom. The van der Waals surface area contributed by atoms with Gasteiger partial charge in [0.25, 0.3) is 0 Å². The van der Waals surface area contributed by atoms with E-state index < -0.39 is 0 Å². The monoisotopic (exact) mass is 235 g/mol. The van der Waals surface area contributed by atoms with E-state index in [-0.39, 0.29) is 6.10 Å². The van der Waals surface area contributed by atoms with Crippen LogP contribution in [0.4, 0.5) is 0 Å². The molecule has 17 heavy (non-hydrogen) atoms. The molecule has 0 radical (unpaired) electrons. The van der Waals surface area contributed by atoms with Gasteiger partial charge >= 0.3 is 0 Å². The second-order valence-electron chi connectivity index (χ2n) is 4.87. The van der Waals surface area contributed by atoms with Gasteiger partial charge in [-0.3, -0.25) is 0 Å². The van der Waals surface area contributed by atoms with Crippen LogP contribution in [0.25, 0.3) is 0 Å². The van der Waals surface area contributed by atoms with Gasteiger partial charge < -0.3 is 10.1 Å². The molecule has 0 aliphatic carbocycles. The molecule has 0 heterocycles. The van der Waals surface area contributed by atoms with Gasteiger partial charge in [-0.2, -0.15) is 0 Å². The first-order valence-corrected chi connectivity index (χ1v) is 6.54. The van der Waals surface area contributed by atoms with Crippen molar-refractivity contribution in [1.82, 2.24) is 5.32 Å². The van der Waals surface area contributed by atoms with Crippen LogP contribution in [0.3, 0.4) is 0 Å². The van der Waals surface area contributed by atoms with E-state index in [9.17, 15) is 0 Å². The molecule has 1 aromatic rings. The van der Waals surface area contributed by atoms with E-state index in [1.165, 1.54) is 5.56 Å². The summed E-state index contributed by atoms with van der Waals surface area (Å²) in [5, 5.41) is 3.46. The minimum atomic E-state index is 0.228. The summed E-state index contributed by atoms with van der Waals surface area (Å²) in [6.07, 6.45) is 0.228. The first-order chi connectivity index (χ1) is 8.04. The molecule has 0 spiro atoms. The van der Waals surface area contributed by atoms with Crippen molar-refractivity contribution >= 4 is 0 Å². The van der Waals surface area contributed by atoms with E-state index in [1.54, 1.807) is 0 Å². The largest absolute Gasteiger partial charge is 0.491 e. The van der Waals surface area contributed by atoms with Crippen molar-refractivity contribution < 1.29 is 4.74 Å². The Morgan fingerprint density at radius 3 is 2.47 bits per heavy atom. The lowest BCUT2D eigenvalue weighted by molar-refractivity contribution is 0.242. The van der Waals surface area contributed by atoms with E-state index in [0.29, 0.717) is 12.0 Å². The Kier molecular flexibility index (Phi) is 5.49. The smallest absolute Gasteiger partial charge is 0.119 e. The minimum Gasteiger partial charge on any atom is -0.491 e. The molecule has 2 nitrogen and oxygen atoms in total. The van der Waals surface area contributed by atoms with Crippen molar-refractivity contribution in [2.24, 2.45) is 0 Å². The van der Waals surface area contributed by atoms with Crippen molar-refractivity contribution in [2.45, 2.75) is 52.7 Å². The lowest BCUT2D eigenvalue weighted by Gasteiger charge is -2.22. The topological polar surface area (TPSA) is 21.3 Å². The Labute approximate surface area is 105 Å². The molecule has 1 N–H and O–H groups in total. The van der Waals surface area contributed by atoms with Crippen LogP contribution >= 0.6 is 0 Å². The van der Waals surface area contributed by atoms with Crippen LogP contribution in [-0.2, 0) is 0 Å². The van der Waals surface area contributed by atoms with Crippen LogP contribution in [0.15, 0.2) is 24.3 Å². The van der Waals surface area contributed by atoms with Crippen molar-refractivity contribution in [2.75, 3.05) is 6.54 Å². The van der Waals surface area contributed by atoms with Crippen LogP contribution in [-0.4, -0.2) is 18.7 Å². The van der Waals surface area contributed by atoms with Crippen molar-refractivity contribution in [3.8, 4) is 5.75 Å². The predicted octanol–water partition coefficient (Wildman–Crippen LogP) is 3.58. The number of nitrogens with one attached hydrogen (secondary N) is 1. The van der Waals surface area contributed by atoms with Crippen LogP contribution in [0, 0.1) is 0 Å². The number of likely N-dealkylation sites (N-methyl/N-ethyl adjacent to an activating group) is 1. The lowest BCUT2D eigenvalue weighted by atomic mass is 9.94. The normalized spacial score (nSPS) is 14.7. The molecule has 0 bridgehead atoms. The van der Waals surface area contributed by atoms with E-state index in [1.807, 2.05) is 6.07 Å². The molecule has 0 amide bonds. The van der Waals surface area contributed by atoms with Gasteiger partial charge in [-0.15, -0.1) is 0 Å². The first kappa shape index (κ1) is 14.0. The molecule has 0 aliphatic heterocycles. The fraction of sp³-hybridized carbons (Fsp3) is 0.600. The fourth-order valence-electron chi connectivity index (χ4n) is 1.93. The third-order valence-electron chi connectivity index (χ3n) is 3.03. The Balaban J connectivity index is 2.76. The Bertz CT molecular complexity index is 335. The van der Waals surface area contributed by atoms with Crippen LogP contribution < -0.4 is 10.1 Å². The maximum absolute atomic E-state index is 5.72. The average molecular weight is 235 g/mol. The zero-order chi connectivity index (χ0) is 12.8. The van der Waals surface area contributed by atoms with Gasteiger partial charge in [-0.1, -0.05) is 26.0 Å². The van der Waals surface area contributed by atoms with Gasteiger partial charge in [-0.25, -0.2) is 0 Å². The van der Waals surface area contributed by atoms with Crippen LogP contribution in [0.1, 0.15) is 46.1 Å². The van der Waals surface area contributed by atoms with Crippen LogP contribution in [0.5, 0.6) is 5.75 Å². The highest BCUT2D eigenvalue weighted by atomic mass is 16.5. The van der Waals surface area contributed by atoms with E-state index in [0.717, 1.165) is 12.3 Å². The van der Waals surface area contributed by atoms with Crippen molar-refractivity contribution in [1.29, 1.82) is 0 Å². The SMILES string of the molecule is CCNC(C)C(C)c1cccc(OC(C)C)c1. The molecule has 2 atom stereocenters. The summed E-state index contributed by atoms with van der Waals surface area (Å²) < 4.78 is 5.72. The fourth-order valence-corrected chi connectivity index (χ4v) is 1.93. The van der Waals surface area contributed by atoms with Gasteiger partial charge in [-0.05, 0) is 50.9 Å². The van der Waals surface area contributed by atoms with Gasteiger partial charge in [0, 0.05) is 6.04 Å². The summed E-state index contributed by atoms with van der Waals surface area (Å²) in [4.78, 5) is 0. The predicted molar refractivity (Wildman–Crippen MR) is 73.8 cm³/mol. The number of benzene rings is 1. The zero-order valence-corrected chi connectivity index (χ0v) is 11.7. The summed E-state index contributed by atoms with van der Waals surface area (Å²) in [5.41, 5.74) is 1.33. The maximum atomic E-state index is 5.72. The van der Waals surface area contributed by atoms with Gasteiger partial charge in [0.05, 0.1) is 6.10 Å². The molecule has 2 heteroatoms. The van der Waals surface area contributed by atoms with Gasteiger partial charge in [0.1, 0.15) is 5.75 Å². The summed E-state index contributed by atoms with van der Waals surface area (Å²) >= 11 is 0. The van der Waals surface area contributed by atoms with E-state index >= 15 is 0 Å². The van der Waals surface area contributed by atoms with E-state index in [2.05, 4.69) is 58.1 Å². The second-order valence-corrected chi connectivity index (χ2v) is 4.87. The highest BCUT2D eigenvalue weighted by molar-refractivity contribution is 5.31. The molecule has 1 rings (SSSR count). The minimum absolute atomic E-state index is 0.228. The highest BCUT2D eigenvalue weighted by Gasteiger charge is 2.13. The van der Waals surface area contributed by atoms with Crippen LogP contribution in [0.2, 0.25) is 0 Å². The quantitative estimate of drug-likeness (QED) is 0.814. The van der Waals surface area contributed by atoms with Crippen molar-refractivity contribution in [3.63, 3.8) is 0 Å². The zero-order valence-electron chi connectivity index (χ0n) is 11.7. The number of rotatable bonds is 6. The molecule has 0 saturated heterocycles. The highest BCUT2D eigenvalue weighted by Crippen LogP contribution is 2.23. The standard InChI is InChI=1S/C15H25NO/c1-6-16-13(5)12(4)14-8-7-9-15(10-14)17-11(2)3/h7-13,16H,6H2,1-5H3. The molecule has 0 aromatic heterocycles.